The maximum Gasteiger partial charge on any atom is 0.223 e. The van der Waals surface area contributed by atoms with E-state index in [2.05, 4.69) is 19.2 Å². The molecule has 0 spiro atoms. The van der Waals surface area contributed by atoms with Crippen LogP contribution in [-0.4, -0.2) is 35.8 Å². The Kier molecular flexibility index (Phi) is 9.38. The molecule has 1 rings (SSSR count). The summed E-state index contributed by atoms with van der Waals surface area (Å²) in [5.74, 6) is 0.287. The van der Waals surface area contributed by atoms with Crippen LogP contribution in [0, 0.1) is 5.41 Å². The summed E-state index contributed by atoms with van der Waals surface area (Å²) >= 11 is 0. The summed E-state index contributed by atoms with van der Waals surface area (Å²) in [6.45, 7) is 10.1. The lowest BCUT2D eigenvalue weighted by atomic mass is 9.84. The molecule has 0 aromatic carbocycles. The highest BCUT2D eigenvalue weighted by atomic mass is 16.2. The van der Waals surface area contributed by atoms with Crippen molar-refractivity contribution in [2.45, 2.75) is 97.9 Å². The molecule has 0 aliphatic carbocycles. The zero-order chi connectivity index (χ0) is 18.0. The minimum absolute atomic E-state index is 0.0782. The van der Waals surface area contributed by atoms with Crippen LogP contribution in [0.4, 0.5) is 0 Å². The lowest BCUT2D eigenvalue weighted by Crippen LogP contribution is -2.40. The first kappa shape index (κ1) is 21.0. The number of carbonyl (C=O) groups is 2. The molecule has 0 bridgehead atoms. The van der Waals surface area contributed by atoms with Gasteiger partial charge in [-0.3, -0.25) is 9.59 Å². The van der Waals surface area contributed by atoms with Gasteiger partial charge in [0, 0.05) is 32.0 Å². The lowest BCUT2D eigenvalue weighted by Gasteiger charge is -2.31. The van der Waals surface area contributed by atoms with E-state index in [0.717, 1.165) is 32.4 Å². The first-order valence-corrected chi connectivity index (χ1v) is 9.91. The van der Waals surface area contributed by atoms with Crippen LogP contribution < -0.4 is 5.32 Å². The van der Waals surface area contributed by atoms with Crippen LogP contribution >= 0.6 is 0 Å². The van der Waals surface area contributed by atoms with E-state index in [0.29, 0.717) is 12.8 Å². The van der Waals surface area contributed by atoms with E-state index in [4.69, 9.17) is 0 Å². The third-order valence-electron chi connectivity index (χ3n) is 4.88. The predicted octanol–water partition coefficient (Wildman–Crippen LogP) is 4.28. The normalized spacial score (nSPS) is 16.8. The van der Waals surface area contributed by atoms with Gasteiger partial charge in [-0.1, -0.05) is 46.5 Å². The van der Waals surface area contributed by atoms with Gasteiger partial charge in [0.25, 0.3) is 0 Å². The summed E-state index contributed by atoms with van der Waals surface area (Å²) in [6.07, 6.45) is 10.3. The molecule has 1 heterocycles. The molecule has 140 valence electrons. The predicted molar refractivity (Wildman–Crippen MR) is 99.8 cm³/mol. The Morgan fingerprint density at radius 3 is 2.33 bits per heavy atom. The van der Waals surface area contributed by atoms with Gasteiger partial charge >= 0.3 is 0 Å². The second-order valence-corrected chi connectivity index (χ2v) is 8.28. The first-order valence-electron chi connectivity index (χ1n) is 9.91. The topological polar surface area (TPSA) is 49.4 Å². The van der Waals surface area contributed by atoms with Gasteiger partial charge in [0.1, 0.15) is 0 Å². The second kappa shape index (κ2) is 10.7. The quantitative estimate of drug-likeness (QED) is 0.604. The molecule has 0 radical (unpaired) electrons. The Hall–Kier alpha value is -1.06. The fraction of sp³-hybridized carbons (Fsp3) is 0.900. The number of rotatable bonds is 10. The Bertz CT molecular complexity index is 387. The number of nitrogens with zero attached hydrogens (tertiary/aromatic N) is 1. The van der Waals surface area contributed by atoms with E-state index in [-0.39, 0.29) is 23.3 Å². The van der Waals surface area contributed by atoms with Gasteiger partial charge < -0.3 is 10.2 Å². The van der Waals surface area contributed by atoms with Crippen molar-refractivity contribution in [3.8, 4) is 0 Å². The maximum absolute atomic E-state index is 12.4. The third kappa shape index (κ3) is 8.70. The van der Waals surface area contributed by atoms with Crippen LogP contribution in [0.15, 0.2) is 0 Å². The van der Waals surface area contributed by atoms with Crippen LogP contribution in [0.1, 0.15) is 91.9 Å². The summed E-state index contributed by atoms with van der Waals surface area (Å²) in [5, 5.41) is 3.10. The third-order valence-corrected chi connectivity index (χ3v) is 4.88. The van der Waals surface area contributed by atoms with Crippen LogP contribution in [0.25, 0.3) is 0 Å². The smallest absolute Gasteiger partial charge is 0.223 e. The molecule has 1 atom stereocenters. The van der Waals surface area contributed by atoms with Crippen molar-refractivity contribution >= 4 is 11.8 Å². The minimum Gasteiger partial charge on any atom is -0.354 e. The fourth-order valence-corrected chi connectivity index (χ4v) is 3.44. The molecule has 0 aromatic rings. The molecular weight excluding hydrogens is 300 g/mol. The van der Waals surface area contributed by atoms with E-state index in [1.807, 2.05) is 18.7 Å². The number of unbranched alkanes of at least 4 members (excludes halogenated alkanes) is 3. The van der Waals surface area contributed by atoms with Crippen molar-refractivity contribution in [1.29, 1.82) is 0 Å². The molecule has 1 fully saturated rings. The van der Waals surface area contributed by atoms with E-state index in [9.17, 15) is 9.59 Å². The van der Waals surface area contributed by atoms with Crippen LogP contribution in [0.5, 0.6) is 0 Å². The number of amides is 2. The summed E-state index contributed by atoms with van der Waals surface area (Å²) in [6, 6.07) is 0.225. The average Bonchev–Trinajstić information content (AvgIpc) is 2.51. The summed E-state index contributed by atoms with van der Waals surface area (Å²) < 4.78 is 0. The number of carbonyl (C=O) groups excluding carboxylic acids is 2. The van der Waals surface area contributed by atoms with E-state index < -0.39 is 0 Å². The average molecular weight is 339 g/mol. The zero-order valence-electron chi connectivity index (χ0n) is 16.3. The Morgan fingerprint density at radius 1 is 1.04 bits per heavy atom. The van der Waals surface area contributed by atoms with Gasteiger partial charge in [-0.25, -0.2) is 0 Å². The molecule has 1 aliphatic heterocycles. The monoisotopic (exact) mass is 338 g/mol. The molecule has 4 nitrogen and oxygen atoms in total. The van der Waals surface area contributed by atoms with Crippen LogP contribution in [-0.2, 0) is 9.59 Å². The maximum atomic E-state index is 12.4. The molecule has 1 saturated heterocycles. The van der Waals surface area contributed by atoms with Crippen molar-refractivity contribution in [2.75, 3.05) is 13.1 Å². The highest BCUT2D eigenvalue weighted by Gasteiger charge is 2.28. The van der Waals surface area contributed by atoms with Gasteiger partial charge in [-0.2, -0.15) is 0 Å². The summed E-state index contributed by atoms with van der Waals surface area (Å²) in [4.78, 5) is 26.7. The standard InChI is InChI=1S/C20H38N2O2/c1-5-6-7-9-12-17(2)21-18(23)15-20(3,4)16-19(24)22-13-10-8-11-14-22/h17H,5-16H2,1-4H3,(H,21,23)/t17-/m0/s1. The largest absolute Gasteiger partial charge is 0.354 e. The Morgan fingerprint density at radius 2 is 1.71 bits per heavy atom. The summed E-state index contributed by atoms with van der Waals surface area (Å²) in [5.41, 5.74) is -0.277. The highest BCUT2D eigenvalue weighted by molar-refractivity contribution is 5.80. The van der Waals surface area contributed by atoms with Gasteiger partial charge in [0.05, 0.1) is 0 Å². The van der Waals surface area contributed by atoms with Gasteiger partial charge in [0.15, 0.2) is 0 Å². The van der Waals surface area contributed by atoms with Crippen molar-refractivity contribution in [3.05, 3.63) is 0 Å². The van der Waals surface area contributed by atoms with Crippen molar-refractivity contribution < 1.29 is 9.59 Å². The zero-order valence-corrected chi connectivity index (χ0v) is 16.3. The molecular formula is C20H38N2O2. The van der Waals surface area contributed by atoms with Crippen molar-refractivity contribution in [2.24, 2.45) is 5.41 Å². The number of hydrogen-bond donors (Lipinski definition) is 1. The Balaban J connectivity index is 2.30. The van der Waals surface area contributed by atoms with Crippen LogP contribution in [0.3, 0.4) is 0 Å². The Labute approximate surface area is 148 Å². The van der Waals surface area contributed by atoms with Crippen molar-refractivity contribution in [3.63, 3.8) is 0 Å². The number of likely N-dealkylation sites (tertiary alicyclic amines) is 1. The molecule has 0 unspecified atom stereocenters. The molecule has 2 amide bonds. The van der Waals surface area contributed by atoms with Gasteiger partial charge in [-0.05, 0) is 38.0 Å². The molecule has 24 heavy (non-hydrogen) atoms. The molecule has 1 N–H and O–H groups in total. The molecule has 0 aromatic heterocycles. The number of nitrogens with one attached hydrogen (secondary N) is 1. The minimum atomic E-state index is -0.277. The molecule has 4 heteroatoms. The van der Waals surface area contributed by atoms with Gasteiger partial charge in [0.2, 0.25) is 11.8 Å². The first-order chi connectivity index (χ1) is 11.3. The molecule has 1 aliphatic rings. The second-order valence-electron chi connectivity index (χ2n) is 8.28. The van der Waals surface area contributed by atoms with E-state index in [1.54, 1.807) is 0 Å². The van der Waals surface area contributed by atoms with E-state index >= 15 is 0 Å². The fourth-order valence-electron chi connectivity index (χ4n) is 3.44. The number of piperidine rings is 1. The van der Waals surface area contributed by atoms with E-state index in [1.165, 1.54) is 32.1 Å². The number of hydrogen-bond acceptors (Lipinski definition) is 2. The van der Waals surface area contributed by atoms with Gasteiger partial charge in [-0.15, -0.1) is 0 Å². The summed E-state index contributed by atoms with van der Waals surface area (Å²) in [7, 11) is 0. The lowest BCUT2D eigenvalue weighted by molar-refractivity contribution is -0.135. The SMILES string of the molecule is CCCCCC[C@H](C)NC(=O)CC(C)(C)CC(=O)N1CCCCC1. The van der Waals surface area contributed by atoms with Crippen LogP contribution in [0.2, 0.25) is 0 Å². The molecule has 0 saturated carbocycles. The highest BCUT2D eigenvalue weighted by Crippen LogP contribution is 2.27. The van der Waals surface area contributed by atoms with Crippen molar-refractivity contribution in [1.82, 2.24) is 10.2 Å².